The highest BCUT2D eigenvalue weighted by Crippen LogP contribution is 2.18. The Morgan fingerprint density at radius 3 is 2.77 bits per heavy atom. The van der Waals surface area contributed by atoms with Crippen LogP contribution in [0, 0.1) is 5.82 Å². The van der Waals surface area contributed by atoms with E-state index in [1.807, 2.05) is 30.5 Å². The van der Waals surface area contributed by atoms with E-state index in [4.69, 9.17) is 0 Å². The largest absolute Gasteiger partial charge is 0.356 e. The summed E-state index contributed by atoms with van der Waals surface area (Å²) in [6.07, 6.45) is 3.87. The Hall–Kier alpha value is -2.15. The number of guanidine groups is 1. The standard InChI is InChI=1S/C19H23BrFN5/c1-22-19(24-13-14-5-6-16(20)17(21)12-14)25-15-7-10-26(11-8-15)18-4-2-3-9-23-18/h2-6,9,12,15H,7-8,10-11,13H2,1H3,(H2,22,24,25). The summed E-state index contributed by atoms with van der Waals surface area (Å²) in [6, 6.07) is 11.5. The van der Waals surface area contributed by atoms with Gasteiger partial charge in [0.05, 0.1) is 4.47 Å². The van der Waals surface area contributed by atoms with Crippen molar-refractivity contribution in [1.82, 2.24) is 15.6 Å². The van der Waals surface area contributed by atoms with Gasteiger partial charge < -0.3 is 15.5 Å². The van der Waals surface area contributed by atoms with E-state index in [0.717, 1.165) is 43.3 Å². The number of nitrogens with zero attached hydrogens (tertiary/aromatic N) is 3. The van der Waals surface area contributed by atoms with Crippen LogP contribution in [0.4, 0.5) is 10.2 Å². The second kappa shape index (κ2) is 8.98. The second-order valence-corrected chi connectivity index (χ2v) is 7.12. The first-order valence-corrected chi connectivity index (χ1v) is 9.52. The SMILES string of the molecule is CN=C(NCc1ccc(Br)c(F)c1)NC1CCN(c2ccccn2)CC1. The average molecular weight is 420 g/mol. The van der Waals surface area contributed by atoms with Crippen molar-refractivity contribution in [3.63, 3.8) is 0 Å². The Labute approximate surface area is 161 Å². The summed E-state index contributed by atoms with van der Waals surface area (Å²) in [5, 5.41) is 6.72. The molecule has 1 aliphatic heterocycles. The highest BCUT2D eigenvalue weighted by molar-refractivity contribution is 9.10. The lowest BCUT2D eigenvalue weighted by Crippen LogP contribution is -2.48. The summed E-state index contributed by atoms with van der Waals surface area (Å²) < 4.78 is 14.1. The summed E-state index contributed by atoms with van der Waals surface area (Å²) in [6.45, 7) is 2.45. The van der Waals surface area contributed by atoms with E-state index in [0.29, 0.717) is 17.1 Å². The maximum absolute atomic E-state index is 13.6. The van der Waals surface area contributed by atoms with Gasteiger partial charge in [-0.05, 0) is 58.6 Å². The highest BCUT2D eigenvalue weighted by atomic mass is 79.9. The third-order valence-electron chi connectivity index (χ3n) is 4.48. The molecule has 0 aliphatic carbocycles. The van der Waals surface area contributed by atoms with Gasteiger partial charge in [0.1, 0.15) is 11.6 Å². The maximum atomic E-state index is 13.6. The van der Waals surface area contributed by atoms with Crippen LogP contribution in [0.1, 0.15) is 18.4 Å². The molecular weight excluding hydrogens is 397 g/mol. The third kappa shape index (κ3) is 4.94. The fraction of sp³-hybridized carbons (Fsp3) is 0.368. The van der Waals surface area contributed by atoms with Gasteiger partial charge in [-0.1, -0.05) is 12.1 Å². The zero-order chi connectivity index (χ0) is 18.4. The van der Waals surface area contributed by atoms with Gasteiger partial charge in [-0.3, -0.25) is 4.99 Å². The number of hydrogen-bond acceptors (Lipinski definition) is 3. The van der Waals surface area contributed by atoms with E-state index in [2.05, 4.69) is 41.4 Å². The van der Waals surface area contributed by atoms with Crippen LogP contribution in [0.15, 0.2) is 52.1 Å². The minimum absolute atomic E-state index is 0.255. The molecule has 5 nitrogen and oxygen atoms in total. The van der Waals surface area contributed by atoms with Crippen molar-refractivity contribution in [1.29, 1.82) is 0 Å². The lowest BCUT2D eigenvalue weighted by Gasteiger charge is -2.33. The van der Waals surface area contributed by atoms with Crippen molar-refractivity contribution in [3.8, 4) is 0 Å². The van der Waals surface area contributed by atoms with Gasteiger partial charge in [0.15, 0.2) is 5.96 Å². The number of hydrogen-bond donors (Lipinski definition) is 2. The number of pyridine rings is 1. The van der Waals surface area contributed by atoms with E-state index in [9.17, 15) is 4.39 Å². The Kier molecular flexibility index (Phi) is 6.44. The molecule has 2 N–H and O–H groups in total. The number of aliphatic imine (C=N–C) groups is 1. The lowest BCUT2D eigenvalue weighted by molar-refractivity contribution is 0.459. The van der Waals surface area contributed by atoms with Gasteiger partial charge >= 0.3 is 0 Å². The Morgan fingerprint density at radius 2 is 2.12 bits per heavy atom. The number of halogens is 2. The minimum atomic E-state index is -0.255. The van der Waals surface area contributed by atoms with Crippen LogP contribution < -0.4 is 15.5 Å². The molecule has 2 aromatic rings. The monoisotopic (exact) mass is 419 g/mol. The van der Waals surface area contributed by atoms with Gasteiger partial charge in [-0.25, -0.2) is 9.37 Å². The smallest absolute Gasteiger partial charge is 0.191 e. The molecule has 1 saturated heterocycles. The van der Waals surface area contributed by atoms with Crippen LogP contribution in [0.5, 0.6) is 0 Å². The van der Waals surface area contributed by atoms with Crippen LogP contribution in [-0.4, -0.2) is 37.1 Å². The Bertz CT molecular complexity index is 745. The fourth-order valence-electron chi connectivity index (χ4n) is 3.02. The third-order valence-corrected chi connectivity index (χ3v) is 5.12. The number of benzene rings is 1. The number of aromatic nitrogens is 1. The van der Waals surface area contributed by atoms with E-state index in [-0.39, 0.29) is 5.82 Å². The molecule has 1 fully saturated rings. The first-order valence-electron chi connectivity index (χ1n) is 8.73. The van der Waals surface area contributed by atoms with E-state index in [1.165, 1.54) is 6.07 Å². The molecule has 1 aliphatic rings. The molecule has 0 amide bonds. The molecule has 1 aromatic heterocycles. The van der Waals surface area contributed by atoms with Gasteiger partial charge in [-0.15, -0.1) is 0 Å². The predicted molar refractivity (Wildman–Crippen MR) is 107 cm³/mol. The molecule has 0 spiro atoms. The van der Waals surface area contributed by atoms with Crippen LogP contribution in [-0.2, 0) is 6.54 Å². The maximum Gasteiger partial charge on any atom is 0.191 e. The molecule has 7 heteroatoms. The van der Waals surface area contributed by atoms with Crippen molar-refractivity contribution in [2.24, 2.45) is 4.99 Å². The zero-order valence-corrected chi connectivity index (χ0v) is 16.3. The average Bonchev–Trinajstić information content (AvgIpc) is 2.69. The fourth-order valence-corrected chi connectivity index (χ4v) is 3.26. The van der Waals surface area contributed by atoms with Crippen molar-refractivity contribution >= 4 is 27.7 Å². The Balaban J connectivity index is 1.47. The van der Waals surface area contributed by atoms with Crippen molar-refractivity contribution < 1.29 is 4.39 Å². The van der Waals surface area contributed by atoms with Gasteiger partial charge in [0.25, 0.3) is 0 Å². The van der Waals surface area contributed by atoms with Crippen LogP contribution >= 0.6 is 15.9 Å². The number of rotatable bonds is 4. The van der Waals surface area contributed by atoms with Crippen LogP contribution in [0.2, 0.25) is 0 Å². The summed E-state index contributed by atoms with van der Waals surface area (Å²) >= 11 is 3.17. The molecule has 2 heterocycles. The molecule has 1 aromatic carbocycles. The summed E-state index contributed by atoms with van der Waals surface area (Å²) in [5.74, 6) is 1.52. The molecular formula is C19H23BrFN5. The molecule has 26 heavy (non-hydrogen) atoms. The highest BCUT2D eigenvalue weighted by Gasteiger charge is 2.20. The zero-order valence-electron chi connectivity index (χ0n) is 14.8. The number of piperidine rings is 1. The molecule has 138 valence electrons. The first kappa shape index (κ1) is 18.6. The number of anilines is 1. The topological polar surface area (TPSA) is 52.6 Å². The second-order valence-electron chi connectivity index (χ2n) is 6.27. The molecule has 0 unspecified atom stereocenters. The lowest BCUT2D eigenvalue weighted by atomic mass is 10.1. The first-order chi connectivity index (χ1) is 12.7. The molecule has 3 rings (SSSR count). The number of nitrogens with one attached hydrogen (secondary N) is 2. The molecule has 0 radical (unpaired) electrons. The van der Waals surface area contributed by atoms with E-state index in [1.54, 1.807) is 13.1 Å². The van der Waals surface area contributed by atoms with Crippen LogP contribution in [0.3, 0.4) is 0 Å². The molecule has 0 saturated carbocycles. The minimum Gasteiger partial charge on any atom is -0.356 e. The Morgan fingerprint density at radius 1 is 1.31 bits per heavy atom. The summed E-state index contributed by atoms with van der Waals surface area (Å²) in [5.41, 5.74) is 0.874. The molecule has 0 atom stereocenters. The summed E-state index contributed by atoms with van der Waals surface area (Å²) in [4.78, 5) is 11.0. The quantitative estimate of drug-likeness (QED) is 0.589. The van der Waals surface area contributed by atoms with Gasteiger partial charge in [0.2, 0.25) is 0 Å². The summed E-state index contributed by atoms with van der Waals surface area (Å²) in [7, 11) is 1.75. The van der Waals surface area contributed by atoms with Gasteiger partial charge in [0, 0.05) is 38.9 Å². The van der Waals surface area contributed by atoms with Crippen LogP contribution in [0.25, 0.3) is 0 Å². The van der Waals surface area contributed by atoms with Crippen molar-refractivity contribution in [2.75, 3.05) is 25.0 Å². The van der Waals surface area contributed by atoms with E-state index < -0.39 is 0 Å². The molecule has 0 bridgehead atoms. The van der Waals surface area contributed by atoms with Crippen molar-refractivity contribution in [3.05, 3.63) is 58.4 Å². The van der Waals surface area contributed by atoms with E-state index >= 15 is 0 Å². The normalized spacial score (nSPS) is 15.8. The van der Waals surface area contributed by atoms with Gasteiger partial charge in [-0.2, -0.15) is 0 Å². The predicted octanol–water partition coefficient (Wildman–Crippen LogP) is 3.32. The van der Waals surface area contributed by atoms with Crippen molar-refractivity contribution in [2.45, 2.75) is 25.4 Å².